The maximum absolute atomic E-state index is 15.3. The van der Waals surface area contributed by atoms with Crippen molar-refractivity contribution in [3.8, 4) is 22.7 Å². The lowest BCUT2D eigenvalue weighted by molar-refractivity contribution is -0.192. The Morgan fingerprint density at radius 3 is 2.25 bits per heavy atom. The number of alkyl halides is 3. The fourth-order valence-corrected chi connectivity index (χ4v) is 6.85. The second-order valence-corrected chi connectivity index (χ2v) is 14.8. The minimum absolute atomic E-state index is 0.128. The number of hydrogen-bond acceptors (Lipinski definition) is 10. The van der Waals surface area contributed by atoms with Crippen LogP contribution in [0.2, 0.25) is 0 Å². The number of carbonyl (C=O) groups is 1. The molecule has 304 valence electrons. The lowest BCUT2D eigenvalue weighted by atomic mass is 10.1. The fourth-order valence-electron chi connectivity index (χ4n) is 5.46. The predicted molar refractivity (Wildman–Crippen MR) is 204 cm³/mol. The van der Waals surface area contributed by atoms with Crippen LogP contribution in [0, 0.1) is 23.3 Å². The average Bonchev–Trinajstić information content (AvgIpc) is 3.62. The van der Waals surface area contributed by atoms with Gasteiger partial charge in [-0.3, -0.25) is 9.62 Å². The summed E-state index contributed by atoms with van der Waals surface area (Å²) in [6.45, 7) is 8.05. The highest BCUT2D eigenvalue weighted by atomic mass is 32.2. The van der Waals surface area contributed by atoms with Crippen molar-refractivity contribution >= 4 is 51.7 Å². The first-order chi connectivity index (χ1) is 27.0. The van der Waals surface area contributed by atoms with Crippen LogP contribution in [0.5, 0.6) is 0 Å². The summed E-state index contributed by atoms with van der Waals surface area (Å²) in [5.74, 6) is -4.23. The third-order valence-corrected chi connectivity index (χ3v) is 10.1. The van der Waals surface area contributed by atoms with Crippen LogP contribution in [-0.2, 0) is 15.8 Å². The molecule has 3 N–H and O–H groups in total. The maximum atomic E-state index is 15.3. The van der Waals surface area contributed by atoms with Crippen LogP contribution in [-0.4, -0.2) is 86.0 Å². The number of aromatic nitrogens is 3. The molecule has 1 saturated heterocycles. The number of aliphatic carboxylic acids is 1. The van der Waals surface area contributed by atoms with Crippen molar-refractivity contribution in [1.29, 1.82) is 0 Å². The fraction of sp³-hybridized carbons (Fsp3) is 0.297. The number of carboxylic acid groups (broad SMARTS) is 1. The van der Waals surface area contributed by atoms with E-state index < -0.39 is 45.5 Å². The number of halogens is 7. The zero-order valence-electron chi connectivity index (χ0n) is 30.5. The van der Waals surface area contributed by atoms with E-state index in [0.717, 1.165) is 62.7 Å². The van der Waals surface area contributed by atoms with Crippen LogP contribution in [0.3, 0.4) is 0 Å². The van der Waals surface area contributed by atoms with Gasteiger partial charge < -0.3 is 19.7 Å². The molecule has 20 heteroatoms. The van der Waals surface area contributed by atoms with Crippen LogP contribution >= 0.6 is 11.8 Å². The second-order valence-electron chi connectivity index (χ2n) is 12.7. The number of anilines is 4. The molecule has 11 nitrogen and oxygen atoms in total. The molecule has 0 spiro atoms. The highest BCUT2D eigenvalue weighted by molar-refractivity contribution is 7.98. The molecular weight excluding hydrogens is 804 g/mol. The maximum Gasteiger partial charge on any atom is 0.490 e. The molecule has 57 heavy (non-hydrogen) atoms. The zero-order valence-corrected chi connectivity index (χ0v) is 32.2. The predicted octanol–water partition coefficient (Wildman–Crippen LogP) is 8.48. The lowest BCUT2D eigenvalue weighted by Crippen LogP contribution is -2.47. The summed E-state index contributed by atoms with van der Waals surface area (Å²) >= 11 is 1.82. The van der Waals surface area contributed by atoms with Gasteiger partial charge in [0, 0.05) is 61.8 Å². The average molecular weight is 840 g/mol. The highest BCUT2D eigenvalue weighted by Crippen LogP contribution is 2.36. The van der Waals surface area contributed by atoms with Crippen molar-refractivity contribution in [3.05, 3.63) is 96.0 Å². The number of thioether (sulfide) groups is 1. The first-order valence-corrected chi connectivity index (χ1v) is 19.7. The van der Waals surface area contributed by atoms with Crippen LogP contribution in [0.4, 0.5) is 53.7 Å². The smallest absolute Gasteiger partial charge is 0.475 e. The summed E-state index contributed by atoms with van der Waals surface area (Å²) in [5, 5.41) is 10.2. The van der Waals surface area contributed by atoms with Gasteiger partial charge in [-0.2, -0.15) is 24.9 Å². The molecular formula is C37H36F7N7O4S2. The Bertz CT molecular complexity index is 2200. The molecule has 0 radical (unpaired) electrons. The molecule has 1 fully saturated rings. The zero-order chi connectivity index (χ0) is 41.4. The Balaban J connectivity index is 0.000000811. The molecule has 0 amide bonds. The first-order valence-electron chi connectivity index (χ1n) is 17.1. The minimum atomic E-state index is -5.08. The summed E-state index contributed by atoms with van der Waals surface area (Å²) in [4.78, 5) is 26.2. The monoisotopic (exact) mass is 839 g/mol. The van der Waals surface area contributed by atoms with Gasteiger partial charge in [0.15, 0.2) is 22.6 Å². The van der Waals surface area contributed by atoms with Gasteiger partial charge >= 0.3 is 12.1 Å². The molecule has 1 aliphatic heterocycles. The number of hydrogen-bond donors (Lipinski definition) is 3. The van der Waals surface area contributed by atoms with Crippen LogP contribution in [0.15, 0.2) is 76.2 Å². The summed E-state index contributed by atoms with van der Waals surface area (Å²) in [5.41, 5.74) is 1.73. The summed E-state index contributed by atoms with van der Waals surface area (Å²) in [7, 11) is -2.45. The largest absolute Gasteiger partial charge is 0.490 e. The van der Waals surface area contributed by atoms with E-state index >= 15 is 4.39 Å². The molecule has 0 bridgehead atoms. The third kappa shape index (κ3) is 11.0. The van der Waals surface area contributed by atoms with E-state index in [1.807, 2.05) is 25.6 Å². The Morgan fingerprint density at radius 2 is 1.63 bits per heavy atom. The number of nitrogens with one attached hydrogen (secondary N) is 2. The van der Waals surface area contributed by atoms with E-state index in [1.165, 1.54) is 24.4 Å². The summed E-state index contributed by atoms with van der Waals surface area (Å²) < 4.78 is 112. The Morgan fingerprint density at radius 1 is 0.947 bits per heavy atom. The van der Waals surface area contributed by atoms with E-state index in [4.69, 9.17) is 14.3 Å². The Hall–Kier alpha value is -5.21. The van der Waals surface area contributed by atoms with Crippen molar-refractivity contribution in [2.75, 3.05) is 59.7 Å². The normalized spacial score (nSPS) is 13.9. The van der Waals surface area contributed by atoms with Crippen LogP contribution < -0.4 is 14.9 Å². The van der Waals surface area contributed by atoms with Gasteiger partial charge in [0.1, 0.15) is 39.6 Å². The van der Waals surface area contributed by atoms with Crippen molar-refractivity contribution in [2.24, 2.45) is 0 Å². The third-order valence-electron chi connectivity index (χ3n) is 8.34. The number of oxazole rings is 1. The lowest BCUT2D eigenvalue weighted by Gasteiger charge is -2.36. The topological polar surface area (TPSA) is 137 Å². The summed E-state index contributed by atoms with van der Waals surface area (Å²) in [6.07, 6.45) is -1.48. The van der Waals surface area contributed by atoms with E-state index in [2.05, 4.69) is 41.0 Å². The first kappa shape index (κ1) is 42.9. The van der Waals surface area contributed by atoms with Gasteiger partial charge in [0.2, 0.25) is 5.95 Å². The van der Waals surface area contributed by atoms with Crippen molar-refractivity contribution in [3.63, 3.8) is 0 Å². The summed E-state index contributed by atoms with van der Waals surface area (Å²) in [6, 6.07) is 13.5. The van der Waals surface area contributed by atoms with Gasteiger partial charge in [0.05, 0.1) is 11.4 Å². The molecule has 1 aliphatic rings. The van der Waals surface area contributed by atoms with Gasteiger partial charge in [-0.1, -0.05) is 19.9 Å². The molecule has 2 aromatic heterocycles. The SMILES string of the molecule is CSCCN1CCN(c2ccc(Nc3nccc(-c4oc(C(C)C)nc4-c4ccc(F)c(NS(=O)c5c(F)cccc5F)c4)n3)cc2F)CC1.O=C(O)C(F)(F)F. The second kappa shape index (κ2) is 18.8. The molecule has 3 aromatic carbocycles. The van der Waals surface area contributed by atoms with E-state index in [0.29, 0.717) is 34.2 Å². The number of piperazine rings is 1. The highest BCUT2D eigenvalue weighted by Gasteiger charge is 2.38. The molecule has 5 aromatic rings. The minimum Gasteiger partial charge on any atom is -0.475 e. The van der Waals surface area contributed by atoms with Gasteiger partial charge in [-0.15, -0.1) is 0 Å². The van der Waals surface area contributed by atoms with Gasteiger partial charge in [-0.25, -0.2) is 41.5 Å². The number of rotatable bonds is 12. The van der Waals surface area contributed by atoms with Crippen molar-refractivity contribution in [1.82, 2.24) is 19.9 Å². The standard InChI is InChI=1S/C35H35F4N7O2S2.C2HF3O2/c1-21(2)34-43-31(22-7-9-24(36)29(19-22)44-50(47)33-25(37)5-4-6-26(33)38)32(48-34)28-11-12-40-35(42-28)41-23-8-10-30(27(39)20-23)46-15-13-45(14-16-46)17-18-49-3;3-2(4,5)1(6)7/h4-12,19-21,44H,13-18H2,1-3H3,(H,40,41,42);(H,6,7). The van der Waals surface area contributed by atoms with E-state index in [9.17, 15) is 30.6 Å². The number of nitrogens with zero attached hydrogens (tertiary/aromatic N) is 5. The molecule has 6 rings (SSSR count). The quantitative estimate of drug-likeness (QED) is 0.104. The van der Waals surface area contributed by atoms with Gasteiger partial charge in [0.25, 0.3) is 0 Å². The number of carboxylic acids is 1. The molecule has 0 aliphatic carbocycles. The van der Waals surface area contributed by atoms with Crippen molar-refractivity contribution in [2.45, 2.75) is 30.8 Å². The van der Waals surface area contributed by atoms with Crippen LogP contribution in [0.25, 0.3) is 22.7 Å². The molecule has 0 saturated carbocycles. The van der Waals surface area contributed by atoms with Crippen molar-refractivity contribution < 1.29 is 49.3 Å². The van der Waals surface area contributed by atoms with E-state index in [1.54, 1.807) is 18.2 Å². The molecule has 3 heterocycles. The Labute approximate surface area is 329 Å². The Kier molecular flexibility index (Phi) is 14.2. The van der Waals surface area contributed by atoms with Gasteiger partial charge in [-0.05, 0) is 60.9 Å². The van der Waals surface area contributed by atoms with E-state index in [-0.39, 0.29) is 29.1 Å². The number of benzene rings is 3. The molecule has 1 unspecified atom stereocenters. The van der Waals surface area contributed by atoms with Crippen LogP contribution in [0.1, 0.15) is 25.7 Å². The molecule has 1 atom stereocenters.